The Kier molecular flexibility index (Phi) is 11.1. The minimum atomic E-state index is -0.599. The molecule has 1 unspecified atom stereocenters. The summed E-state index contributed by atoms with van der Waals surface area (Å²) in [7, 11) is 6.78. The molecule has 3 aromatic rings. The summed E-state index contributed by atoms with van der Waals surface area (Å²) in [6, 6.07) is 9.51. The second-order valence-electron chi connectivity index (χ2n) is 17.9. The summed E-state index contributed by atoms with van der Waals surface area (Å²) in [5, 5.41) is 5.07. The van der Waals surface area contributed by atoms with Crippen molar-refractivity contribution >= 4 is 29.4 Å². The Morgan fingerprint density at radius 1 is 0.885 bits per heavy atom. The molecule has 61 heavy (non-hydrogen) atoms. The average molecular weight is 835 g/mol. The number of aryl methyl sites for hydroxylation is 1. The Bertz CT molecular complexity index is 2290. The molecule has 1 aliphatic carbocycles. The van der Waals surface area contributed by atoms with Crippen molar-refractivity contribution < 1.29 is 28.7 Å². The number of amides is 5. The van der Waals surface area contributed by atoms with Crippen LogP contribution < -0.4 is 30.6 Å². The van der Waals surface area contributed by atoms with Gasteiger partial charge in [-0.05, 0) is 98.4 Å². The van der Waals surface area contributed by atoms with E-state index in [9.17, 15) is 24.0 Å². The first-order chi connectivity index (χ1) is 29.5. The zero-order chi connectivity index (χ0) is 42.6. The van der Waals surface area contributed by atoms with Gasteiger partial charge in [-0.25, -0.2) is 4.79 Å². The molecule has 0 bridgehead atoms. The summed E-state index contributed by atoms with van der Waals surface area (Å²) < 4.78 is 13.8. The van der Waals surface area contributed by atoms with Crippen molar-refractivity contribution in [2.75, 3.05) is 72.0 Å². The lowest BCUT2D eigenvalue weighted by atomic mass is 9.91. The maximum Gasteiger partial charge on any atom is 0.317 e. The van der Waals surface area contributed by atoms with E-state index >= 15 is 0 Å². The molecule has 4 fully saturated rings. The number of nitrogens with one attached hydrogen (secondary N) is 2. The van der Waals surface area contributed by atoms with Crippen LogP contribution in [0.3, 0.4) is 0 Å². The molecule has 2 N–H and O–H groups in total. The van der Waals surface area contributed by atoms with Crippen LogP contribution in [-0.2, 0) is 42.7 Å². The van der Waals surface area contributed by atoms with Gasteiger partial charge in [0.1, 0.15) is 17.5 Å². The monoisotopic (exact) mass is 834 g/mol. The number of piperidine rings is 2. The van der Waals surface area contributed by atoms with Crippen LogP contribution in [-0.4, -0.2) is 127 Å². The molecule has 2 aromatic carbocycles. The number of pyridine rings is 1. The smallest absolute Gasteiger partial charge is 0.317 e. The maximum absolute atomic E-state index is 13.4. The van der Waals surface area contributed by atoms with E-state index in [0.717, 1.165) is 104 Å². The Hall–Kier alpha value is -5.41. The first kappa shape index (κ1) is 41.0. The first-order valence-electron chi connectivity index (χ1n) is 21.9. The van der Waals surface area contributed by atoms with Gasteiger partial charge in [0.2, 0.25) is 11.8 Å². The number of carbonyl (C=O) groups is 4. The van der Waals surface area contributed by atoms with Crippen LogP contribution >= 0.6 is 0 Å². The van der Waals surface area contributed by atoms with Gasteiger partial charge < -0.3 is 39.0 Å². The van der Waals surface area contributed by atoms with Gasteiger partial charge in [0.05, 0.1) is 26.3 Å². The van der Waals surface area contributed by atoms with Crippen LogP contribution in [0.5, 0.6) is 11.5 Å². The third-order valence-corrected chi connectivity index (χ3v) is 14.4. The van der Waals surface area contributed by atoms with Crippen LogP contribution in [0.2, 0.25) is 0 Å². The molecule has 6 aliphatic rings. The number of carbonyl (C=O) groups excluding carboxylic acids is 4. The van der Waals surface area contributed by atoms with E-state index in [-0.39, 0.29) is 47.8 Å². The highest BCUT2D eigenvalue weighted by atomic mass is 16.5. The number of nitrogens with zero attached hydrogens (tertiary/aromatic N) is 6. The number of rotatable bonds is 10. The summed E-state index contributed by atoms with van der Waals surface area (Å²) in [5.74, 6) is 1.41. The van der Waals surface area contributed by atoms with Crippen LogP contribution in [0, 0.1) is 5.92 Å². The van der Waals surface area contributed by atoms with Crippen LogP contribution in [0.25, 0.3) is 11.1 Å². The van der Waals surface area contributed by atoms with Gasteiger partial charge in [0, 0.05) is 107 Å². The third kappa shape index (κ3) is 7.75. The number of imide groups is 1. The van der Waals surface area contributed by atoms with Crippen molar-refractivity contribution in [2.45, 2.75) is 82.6 Å². The van der Waals surface area contributed by atoms with Gasteiger partial charge in [-0.2, -0.15) is 0 Å². The number of fused-ring (bicyclic) bond motifs is 2. The van der Waals surface area contributed by atoms with E-state index in [4.69, 9.17) is 9.47 Å². The van der Waals surface area contributed by atoms with Crippen molar-refractivity contribution in [3.8, 4) is 22.6 Å². The van der Waals surface area contributed by atoms with Gasteiger partial charge in [0.15, 0.2) is 0 Å². The highest BCUT2D eigenvalue weighted by molar-refractivity contribution is 6.05. The van der Waals surface area contributed by atoms with Gasteiger partial charge in [-0.3, -0.25) is 29.4 Å². The molecule has 15 heteroatoms. The number of piperazine rings is 1. The summed E-state index contributed by atoms with van der Waals surface area (Å²) in [4.78, 5) is 74.3. The third-order valence-electron chi connectivity index (χ3n) is 14.4. The van der Waals surface area contributed by atoms with Gasteiger partial charge in [-0.1, -0.05) is 6.07 Å². The molecular weight excluding hydrogens is 777 g/mol. The second-order valence-corrected chi connectivity index (χ2v) is 17.9. The van der Waals surface area contributed by atoms with E-state index in [0.29, 0.717) is 43.0 Å². The Labute approximate surface area is 356 Å². The number of hydrogen-bond acceptors (Lipinski definition) is 10. The normalized spacial score (nSPS) is 21.7. The molecule has 15 nitrogen and oxygen atoms in total. The maximum atomic E-state index is 13.4. The Morgan fingerprint density at radius 3 is 2.33 bits per heavy atom. The molecule has 3 saturated heterocycles. The fourth-order valence-corrected chi connectivity index (χ4v) is 10.6. The zero-order valence-corrected chi connectivity index (χ0v) is 35.9. The number of aromatic nitrogens is 1. The predicted molar refractivity (Wildman–Crippen MR) is 230 cm³/mol. The van der Waals surface area contributed by atoms with E-state index in [1.54, 1.807) is 42.7 Å². The summed E-state index contributed by atoms with van der Waals surface area (Å²) in [6.07, 6.45) is 8.86. The minimum Gasteiger partial charge on any atom is -0.496 e. The number of ether oxygens (including phenoxy) is 2. The van der Waals surface area contributed by atoms with Gasteiger partial charge in [0.25, 0.3) is 11.5 Å². The summed E-state index contributed by atoms with van der Waals surface area (Å²) in [5.41, 5.74) is 7.26. The minimum absolute atomic E-state index is 0.0866. The van der Waals surface area contributed by atoms with Crippen LogP contribution in [0.1, 0.15) is 77.6 Å². The van der Waals surface area contributed by atoms with E-state index in [1.165, 1.54) is 19.3 Å². The molecule has 1 saturated carbocycles. The number of urea groups is 1. The standard InChI is InChI=1S/C46H58N8O7/c1-47-45(59)52-18-12-33-35(25-49(2)43(57)36(33)26-52)31-21-39(60-3)37(40(22-31)61-4)27-53-20-19-50(28-46(53)13-14-46)15-9-29-10-16-51(17-11-29)32-6-5-30-24-54(44(58)34(30)23-32)38-7-8-41(55)48-42(38)56/h5-6,21-23,25,29,38H,7-20,24,26-28H2,1-4H3,(H,47,59)(H,48,55,56). The quantitative estimate of drug-likeness (QED) is 0.291. The Balaban J connectivity index is 0.804. The Morgan fingerprint density at radius 2 is 1.64 bits per heavy atom. The molecule has 5 amide bonds. The summed E-state index contributed by atoms with van der Waals surface area (Å²) in [6.45, 7) is 7.98. The largest absolute Gasteiger partial charge is 0.496 e. The molecule has 1 aromatic heterocycles. The highest BCUT2D eigenvalue weighted by Crippen LogP contribution is 2.47. The fraction of sp³-hybridized carbons (Fsp3) is 0.543. The molecule has 324 valence electrons. The van der Waals surface area contributed by atoms with E-state index in [1.807, 2.05) is 18.3 Å². The van der Waals surface area contributed by atoms with Crippen molar-refractivity contribution in [2.24, 2.45) is 13.0 Å². The number of methoxy groups -OCH3 is 2. The lowest BCUT2D eigenvalue weighted by molar-refractivity contribution is -0.136. The predicted octanol–water partition coefficient (Wildman–Crippen LogP) is 3.48. The molecule has 6 heterocycles. The van der Waals surface area contributed by atoms with Crippen molar-refractivity contribution in [1.82, 2.24) is 34.8 Å². The topological polar surface area (TPSA) is 149 Å². The molecule has 1 atom stereocenters. The zero-order valence-electron chi connectivity index (χ0n) is 35.9. The average Bonchev–Trinajstić information content (AvgIpc) is 3.97. The molecule has 9 rings (SSSR count). The molecular formula is C46H58N8O7. The lowest BCUT2D eigenvalue weighted by Gasteiger charge is -2.43. The molecule has 5 aliphatic heterocycles. The number of benzene rings is 2. The van der Waals surface area contributed by atoms with Gasteiger partial charge >= 0.3 is 6.03 Å². The molecule has 1 spiro atoms. The summed E-state index contributed by atoms with van der Waals surface area (Å²) >= 11 is 0. The van der Waals surface area contributed by atoms with E-state index < -0.39 is 6.04 Å². The molecule has 0 radical (unpaired) electrons. The second kappa shape index (κ2) is 16.5. The lowest BCUT2D eigenvalue weighted by Crippen LogP contribution is -2.54. The van der Waals surface area contributed by atoms with Gasteiger partial charge in [-0.15, -0.1) is 0 Å². The fourth-order valence-electron chi connectivity index (χ4n) is 10.6. The number of hydrogen-bond donors (Lipinski definition) is 2. The van der Waals surface area contributed by atoms with Crippen molar-refractivity contribution in [3.63, 3.8) is 0 Å². The number of anilines is 1. The van der Waals surface area contributed by atoms with Crippen LogP contribution in [0.15, 0.2) is 41.3 Å². The highest BCUT2D eigenvalue weighted by Gasteiger charge is 2.51. The van der Waals surface area contributed by atoms with Crippen LogP contribution in [0.4, 0.5) is 10.5 Å². The van der Waals surface area contributed by atoms with Crippen molar-refractivity contribution in [1.29, 1.82) is 0 Å². The van der Waals surface area contributed by atoms with E-state index in [2.05, 4.69) is 43.5 Å². The first-order valence-corrected chi connectivity index (χ1v) is 21.9. The van der Waals surface area contributed by atoms with Crippen molar-refractivity contribution in [3.05, 3.63) is 74.7 Å². The SMILES string of the molecule is CNC(=O)N1CCc2c(-c3cc(OC)c(CN4CCN(CCC5CCN(c6ccc7c(c6)C(=O)N(C6CCC(=O)NC6=O)C7)CC5)CC45CC5)c(OC)c3)cn(C)c(=O)c2C1.